The first kappa shape index (κ1) is 19.4. The van der Waals surface area contributed by atoms with E-state index in [1.54, 1.807) is 24.3 Å². The number of ether oxygens (including phenoxy) is 1. The fourth-order valence-electron chi connectivity index (χ4n) is 3.02. The average Bonchev–Trinajstić information content (AvgIpc) is 3.15. The van der Waals surface area contributed by atoms with Gasteiger partial charge in [-0.1, -0.05) is 30.7 Å². The Labute approximate surface area is 175 Å². The Bertz CT molecular complexity index is 1260. The molecule has 0 radical (unpaired) electrons. The Hall–Kier alpha value is -2.96. The molecule has 0 aliphatic rings. The van der Waals surface area contributed by atoms with E-state index in [1.807, 2.05) is 30.5 Å². The second-order valence-corrected chi connectivity index (χ2v) is 7.70. The first-order chi connectivity index (χ1) is 14.0. The van der Waals surface area contributed by atoms with Crippen molar-refractivity contribution >= 4 is 39.9 Å². The lowest BCUT2D eigenvalue weighted by Gasteiger charge is -2.06. The highest BCUT2D eigenvalue weighted by Crippen LogP contribution is 2.27. The van der Waals surface area contributed by atoms with Gasteiger partial charge in [-0.2, -0.15) is 0 Å². The highest BCUT2D eigenvalue weighted by molar-refractivity contribution is 7.13. The van der Waals surface area contributed by atoms with Gasteiger partial charge in [0.15, 0.2) is 0 Å². The van der Waals surface area contributed by atoms with Crippen LogP contribution in [-0.4, -0.2) is 11.0 Å². The van der Waals surface area contributed by atoms with E-state index in [9.17, 15) is 9.59 Å². The summed E-state index contributed by atoms with van der Waals surface area (Å²) >= 11 is 7.46. The Morgan fingerprint density at radius 2 is 2.07 bits per heavy atom. The fourth-order valence-corrected chi connectivity index (χ4v) is 4.03. The number of rotatable bonds is 5. The number of fused-ring (bicyclic) bond motifs is 1. The van der Waals surface area contributed by atoms with Crippen molar-refractivity contribution in [2.45, 2.75) is 19.8 Å². The molecule has 2 heterocycles. The molecule has 0 atom stereocenters. The minimum Gasteiger partial charge on any atom is -0.426 e. The quantitative estimate of drug-likeness (QED) is 0.247. The van der Waals surface area contributed by atoms with Gasteiger partial charge in [0.2, 0.25) is 0 Å². The van der Waals surface area contributed by atoms with Crippen LogP contribution in [0.1, 0.15) is 18.2 Å². The summed E-state index contributed by atoms with van der Waals surface area (Å²) in [6.07, 6.45) is 0.744. The normalized spacial score (nSPS) is 11.0. The first-order valence-corrected chi connectivity index (χ1v) is 10.3. The molecule has 29 heavy (non-hydrogen) atoms. The van der Waals surface area contributed by atoms with Crippen LogP contribution in [0, 0.1) is 0 Å². The van der Waals surface area contributed by atoms with Gasteiger partial charge in [-0.05, 0) is 36.2 Å². The standard InChI is InChI=1S/C22H16ClNO4S/c1-2-13-9-20(25)28-19-11-17(6-7-18(13)19)27-21(26)10-16-12-29-22(24-16)14-4-3-5-15(23)8-14/h3-9,11-12H,2,10H2,1H3. The van der Waals surface area contributed by atoms with Crippen LogP contribution in [0.3, 0.4) is 0 Å². The molecule has 0 amide bonds. The second-order valence-electron chi connectivity index (χ2n) is 6.41. The van der Waals surface area contributed by atoms with Crippen molar-refractivity contribution in [1.29, 1.82) is 0 Å². The molecule has 0 fully saturated rings. The summed E-state index contributed by atoms with van der Waals surface area (Å²) in [5, 5.41) is 4.07. The minimum absolute atomic E-state index is 0.0358. The van der Waals surface area contributed by atoms with E-state index in [2.05, 4.69) is 4.98 Å². The van der Waals surface area contributed by atoms with Gasteiger partial charge < -0.3 is 9.15 Å². The largest absolute Gasteiger partial charge is 0.426 e. The topological polar surface area (TPSA) is 69.4 Å². The zero-order chi connectivity index (χ0) is 20.4. The van der Waals surface area contributed by atoms with Gasteiger partial charge in [0.05, 0.1) is 12.1 Å². The lowest BCUT2D eigenvalue weighted by molar-refractivity contribution is -0.133. The lowest BCUT2D eigenvalue weighted by atomic mass is 10.1. The molecule has 5 nitrogen and oxygen atoms in total. The van der Waals surface area contributed by atoms with Crippen molar-refractivity contribution in [1.82, 2.24) is 4.98 Å². The summed E-state index contributed by atoms with van der Waals surface area (Å²) in [7, 11) is 0. The third-order valence-electron chi connectivity index (χ3n) is 4.36. The summed E-state index contributed by atoms with van der Waals surface area (Å²) in [5.74, 6) is -0.120. The molecule has 0 unspecified atom stereocenters. The van der Waals surface area contributed by atoms with Crippen LogP contribution in [-0.2, 0) is 17.6 Å². The van der Waals surface area contributed by atoms with E-state index in [0.29, 0.717) is 28.5 Å². The zero-order valence-corrected chi connectivity index (χ0v) is 17.0. The van der Waals surface area contributed by atoms with Crippen molar-refractivity contribution in [2.75, 3.05) is 0 Å². The zero-order valence-electron chi connectivity index (χ0n) is 15.5. The maximum atomic E-state index is 12.3. The number of hydrogen-bond donors (Lipinski definition) is 0. The lowest BCUT2D eigenvalue weighted by Crippen LogP contribution is -2.11. The number of carbonyl (C=O) groups excluding carboxylic acids is 1. The van der Waals surface area contributed by atoms with Crippen LogP contribution in [0.2, 0.25) is 5.02 Å². The Kier molecular flexibility index (Phi) is 5.47. The monoisotopic (exact) mass is 425 g/mol. The number of esters is 1. The molecule has 0 saturated heterocycles. The molecule has 146 valence electrons. The summed E-state index contributed by atoms with van der Waals surface area (Å²) < 4.78 is 10.7. The van der Waals surface area contributed by atoms with E-state index in [0.717, 1.165) is 21.5 Å². The van der Waals surface area contributed by atoms with E-state index in [-0.39, 0.29) is 6.42 Å². The third kappa shape index (κ3) is 4.39. The summed E-state index contributed by atoms with van der Waals surface area (Å²) in [6.45, 7) is 1.97. The third-order valence-corrected chi connectivity index (χ3v) is 5.54. The van der Waals surface area contributed by atoms with Gasteiger partial charge in [0, 0.05) is 33.5 Å². The van der Waals surface area contributed by atoms with Gasteiger partial charge in [-0.15, -0.1) is 11.3 Å². The van der Waals surface area contributed by atoms with Crippen molar-refractivity contribution in [3.8, 4) is 16.3 Å². The number of nitrogens with zero attached hydrogens (tertiary/aromatic N) is 1. The smallest absolute Gasteiger partial charge is 0.336 e. The Morgan fingerprint density at radius 1 is 1.21 bits per heavy atom. The van der Waals surface area contributed by atoms with Gasteiger partial charge in [-0.25, -0.2) is 9.78 Å². The van der Waals surface area contributed by atoms with Gasteiger partial charge >= 0.3 is 11.6 Å². The molecule has 0 aliphatic carbocycles. The van der Waals surface area contributed by atoms with Gasteiger partial charge in [-0.3, -0.25) is 4.79 Å². The molecule has 0 saturated carbocycles. The fraction of sp³-hybridized carbons (Fsp3) is 0.136. The molecule has 0 spiro atoms. The maximum absolute atomic E-state index is 12.3. The maximum Gasteiger partial charge on any atom is 0.336 e. The average molecular weight is 426 g/mol. The predicted octanol–water partition coefficient (Wildman–Crippen LogP) is 5.28. The van der Waals surface area contributed by atoms with Crippen LogP contribution in [0.25, 0.3) is 21.5 Å². The summed E-state index contributed by atoms with van der Waals surface area (Å²) in [5.41, 5.74) is 2.39. The summed E-state index contributed by atoms with van der Waals surface area (Å²) in [6, 6.07) is 13.9. The predicted molar refractivity (Wildman–Crippen MR) is 114 cm³/mol. The highest BCUT2D eigenvalue weighted by atomic mass is 35.5. The molecular formula is C22H16ClNO4S. The van der Waals surface area contributed by atoms with Crippen LogP contribution in [0.15, 0.2) is 63.1 Å². The number of thiazole rings is 1. The number of halogens is 1. The number of benzene rings is 2. The second kappa shape index (κ2) is 8.19. The molecule has 4 rings (SSSR count). The first-order valence-electron chi connectivity index (χ1n) is 8.99. The van der Waals surface area contributed by atoms with Crippen LogP contribution >= 0.6 is 22.9 Å². The Morgan fingerprint density at radius 3 is 2.86 bits per heavy atom. The minimum atomic E-state index is -0.443. The molecular weight excluding hydrogens is 410 g/mol. The number of carbonyl (C=O) groups is 1. The number of hydrogen-bond acceptors (Lipinski definition) is 6. The van der Waals surface area contributed by atoms with Crippen molar-refractivity contribution in [3.05, 3.63) is 80.6 Å². The van der Waals surface area contributed by atoms with Crippen LogP contribution in [0.5, 0.6) is 5.75 Å². The number of aryl methyl sites for hydroxylation is 1. The van der Waals surface area contributed by atoms with Crippen molar-refractivity contribution < 1.29 is 13.9 Å². The van der Waals surface area contributed by atoms with Crippen molar-refractivity contribution in [3.63, 3.8) is 0 Å². The molecule has 0 N–H and O–H groups in total. The Balaban J connectivity index is 1.49. The molecule has 4 aromatic rings. The molecule has 0 aliphatic heterocycles. The van der Waals surface area contributed by atoms with E-state index >= 15 is 0 Å². The molecule has 0 bridgehead atoms. The molecule has 2 aromatic heterocycles. The van der Waals surface area contributed by atoms with E-state index in [4.69, 9.17) is 20.8 Å². The van der Waals surface area contributed by atoms with Gasteiger partial charge in [0.25, 0.3) is 0 Å². The SMILES string of the molecule is CCc1cc(=O)oc2cc(OC(=O)Cc3csc(-c4cccc(Cl)c4)n3)ccc12. The molecule has 7 heteroatoms. The van der Waals surface area contributed by atoms with Crippen LogP contribution < -0.4 is 10.4 Å². The van der Waals surface area contributed by atoms with Gasteiger partial charge in [0.1, 0.15) is 16.3 Å². The van der Waals surface area contributed by atoms with Crippen LogP contribution in [0.4, 0.5) is 0 Å². The number of aromatic nitrogens is 1. The van der Waals surface area contributed by atoms with E-state index < -0.39 is 11.6 Å². The molecule has 2 aromatic carbocycles. The summed E-state index contributed by atoms with van der Waals surface area (Å²) in [4.78, 5) is 28.5. The van der Waals surface area contributed by atoms with Crippen molar-refractivity contribution in [2.24, 2.45) is 0 Å². The highest BCUT2D eigenvalue weighted by Gasteiger charge is 2.13. The van der Waals surface area contributed by atoms with E-state index in [1.165, 1.54) is 17.4 Å².